The number of benzene rings is 1. The second-order valence-electron chi connectivity index (χ2n) is 8.95. The van der Waals surface area contributed by atoms with E-state index in [0.29, 0.717) is 6.61 Å². The minimum atomic E-state index is 0.710. The van der Waals surface area contributed by atoms with Crippen LogP contribution in [0, 0.1) is 17.8 Å². The summed E-state index contributed by atoms with van der Waals surface area (Å²) in [6.45, 7) is 0.710. The van der Waals surface area contributed by atoms with Gasteiger partial charge >= 0.3 is 0 Å². The van der Waals surface area contributed by atoms with E-state index in [-0.39, 0.29) is 0 Å². The molecule has 0 N–H and O–H groups in total. The first-order valence-electron chi connectivity index (χ1n) is 11.1. The molecule has 2 aliphatic rings. The van der Waals surface area contributed by atoms with Crippen LogP contribution in [0.4, 0.5) is 4.39 Å². The molecule has 150 valence electrons. The summed E-state index contributed by atoms with van der Waals surface area (Å²) in [6.07, 6.45) is 17.1. The van der Waals surface area contributed by atoms with Crippen LogP contribution in [-0.4, -0.2) is 7.11 Å². The Balaban J connectivity index is 1.34. The number of halogens is 1. The molecule has 2 saturated carbocycles. The van der Waals surface area contributed by atoms with Crippen LogP contribution < -0.4 is 0 Å². The highest BCUT2D eigenvalue weighted by Crippen LogP contribution is 2.40. The van der Waals surface area contributed by atoms with Gasteiger partial charge in [0.05, 0.1) is 12.9 Å². The molecular formula is C25H37FO. The molecule has 0 radical (unpaired) electrons. The monoisotopic (exact) mass is 372 g/mol. The Morgan fingerprint density at radius 1 is 0.852 bits per heavy atom. The van der Waals surface area contributed by atoms with E-state index in [1.54, 1.807) is 13.2 Å². The van der Waals surface area contributed by atoms with Crippen molar-refractivity contribution in [3.05, 3.63) is 47.8 Å². The average Bonchev–Trinajstić information content (AvgIpc) is 2.73. The van der Waals surface area contributed by atoms with Gasteiger partial charge < -0.3 is 4.74 Å². The molecule has 0 aliphatic heterocycles. The van der Waals surface area contributed by atoms with Crippen molar-refractivity contribution in [2.45, 2.75) is 83.2 Å². The van der Waals surface area contributed by atoms with E-state index in [1.807, 2.05) is 0 Å². The third-order valence-corrected chi connectivity index (χ3v) is 7.12. The van der Waals surface area contributed by atoms with Gasteiger partial charge in [0.1, 0.15) is 0 Å². The first-order chi connectivity index (χ1) is 13.3. The Morgan fingerprint density at radius 2 is 1.41 bits per heavy atom. The van der Waals surface area contributed by atoms with Crippen LogP contribution in [0.3, 0.4) is 0 Å². The van der Waals surface area contributed by atoms with Crippen LogP contribution in [0.5, 0.6) is 0 Å². The molecule has 27 heavy (non-hydrogen) atoms. The van der Waals surface area contributed by atoms with Crippen molar-refractivity contribution < 1.29 is 9.13 Å². The number of hydrogen-bond acceptors (Lipinski definition) is 1. The zero-order valence-electron chi connectivity index (χ0n) is 17.0. The Morgan fingerprint density at radius 3 is 1.96 bits per heavy atom. The molecule has 0 aromatic heterocycles. The van der Waals surface area contributed by atoms with E-state index in [9.17, 15) is 4.39 Å². The van der Waals surface area contributed by atoms with Gasteiger partial charge in [-0.2, -0.15) is 0 Å². The molecular weight excluding hydrogens is 335 g/mol. The fourth-order valence-corrected chi connectivity index (χ4v) is 5.31. The van der Waals surface area contributed by atoms with Gasteiger partial charge in [-0.25, -0.2) is 4.39 Å². The molecule has 0 bridgehead atoms. The van der Waals surface area contributed by atoms with Crippen LogP contribution >= 0.6 is 0 Å². The van der Waals surface area contributed by atoms with Gasteiger partial charge in [-0.05, 0) is 79.7 Å². The lowest BCUT2D eigenvalue weighted by molar-refractivity contribution is 0.185. The third kappa shape index (κ3) is 6.45. The Kier molecular flexibility index (Phi) is 8.38. The van der Waals surface area contributed by atoms with Crippen molar-refractivity contribution in [3.63, 3.8) is 0 Å². The highest BCUT2D eigenvalue weighted by atomic mass is 19.1. The second-order valence-corrected chi connectivity index (χ2v) is 8.95. The maximum atomic E-state index is 12.2. The molecule has 0 spiro atoms. The molecule has 0 atom stereocenters. The van der Waals surface area contributed by atoms with Gasteiger partial charge in [0.25, 0.3) is 0 Å². The van der Waals surface area contributed by atoms with E-state index >= 15 is 0 Å². The Bertz CT molecular complexity index is 548. The van der Waals surface area contributed by atoms with Crippen molar-refractivity contribution in [2.75, 3.05) is 7.11 Å². The first-order valence-corrected chi connectivity index (χ1v) is 11.1. The molecule has 2 heteroatoms. The Hall–Kier alpha value is -1.15. The first kappa shape index (κ1) is 20.6. The van der Waals surface area contributed by atoms with Gasteiger partial charge in [-0.1, -0.05) is 56.0 Å². The van der Waals surface area contributed by atoms with Crippen LogP contribution in [0.2, 0.25) is 0 Å². The molecule has 3 rings (SSSR count). The average molecular weight is 373 g/mol. The van der Waals surface area contributed by atoms with Crippen LogP contribution in [0.1, 0.15) is 87.7 Å². The maximum absolute atomic E-state index is 12.2. The summed E-state index contributed by atoms with van der Waals surface area (Å²) >= 11 is 0. The van der Waals surface area contributed by atoms with E-state index in [1.165, 1.54) is 75.3 Å². The summed E-state index contributed by atoms with van der Waals surface area (Å²) < 4.78 is 17.4. The lowest BCUT2D eigenvalue weighted by Crippen LogP contribution is -2.17. The zero-order valence-corrected chi connectivity index (χ0v) is 17.0. The number of ether oxygens (including phenoxy) is 1. The minimum absolute atomic E-state index is 0.710. The van der Waals surface area contributed by atoms with E-state index in [0.717, 1.165) is 36.4 Å². The molecule has 0 amide bonds. The summed E-state index contributed by atoms with van der Waals surface area (Å²) in [5.41, 5.74) is 2.79. The molecule has 1 nitrogen and oxygen atoms in total. The van der Waals surface area contributed by atoms with Gasteiger partial charge in [0.2, 0.25) is 0 Å². The Labute approximate surface area is 165 Å². The van der Waals surface area contributed by atoms with Gasteiger partial charge in [0.15, 0.2) is 0 Å². The normalized spacial score (nSPS) is 29.3. The van der Waals surface area contributed by atoms with E-state index in [2.05, 4.69) is 24.3 Å². The quantitative estimate of drug-likeness (QED) is 0.457. The van der Waals surface area contributed by atoms with Crippen molar-refractivity contribution in [3.8, 4) is 0 Å². The lowest BCUT2D eigenvalue weighted by Gasteiger charge is -2.32. The second kappa shape index (κ2) is 11.0. The minimum Gasteiger partial charge on any atom is -0.380 e. The topological polar surface area (TPSA) is 9.23 Å². The third-order valence-electron chi connectivity index (χ3n) is 7.12. The zero-order chi connectivity index (χ0) is 18.9. The van der Waals surface area contributed by atoms with Gasteiger partial charge in [-0.3, -0.25) is 0 Å². The van der Waals surface area contributed by atoms with Crippen molar-refractivity contribution in [1.82, 2.24) is 0 Å². The van der Waals surface area contributed by atoms with Crippen LogP contribution in [0.25, 0.3) is 0 Å². The van der Waals surface area contributed by atoms with Gasteiger partial charge in [0, 0.05) is 7.11 Å². The lowest BCUT2D eigenvalue weighted by atomic mass is 9.74. The number of rotatable bonds is 8. The molecule has 0 unspecified atom stereocenters. The highest BCUT2D eigenvalue weighted by Gasteiger charge is 2.25. The van der Waals surface area contributed by atoms with E-state index < -0.39 is 0 Å². The SMILES string of the molecule is COCc1ccc(C2CCC(CCC3CCC(C/C=C/F)CC3)CC2)cc1. The molecule has 0 saturated heterocycles. The molecule has 2 fully saturated rings. The van der Waals surface area contributed by atoms with Gasteiger partial charge in [-0.15, -0.1) is 0 Å². The van der Waals surface area contributed by atoms with Crippen molar-refractivity contribution in [1.29, 1.82) is 0 Å². The molecule has 0 heterocycles. The molecule has 1 aromatic carbocycles. The fourth-order valence-electron chi connectivity index (χ4n) is 5.31. The maximum Gasteiger partial charge on any atom is 0.0827 e. The highest BCUT2D eigenvalue weighted by molar-refractivity contribution is 5.25. The molecule has 2 aliphatic carbocycles. The largest absolute Gasteiger partial charge is 0.380 e. The number of hydrogen-bond donors (Lipinski definition) is 0. The smallest absolute Gasteiger partial charge is 0.0827 e. The summed E-state index contributed by atoms with van der Waals surface area (Å²) in [7, 11) is 1.75. The standard InChI is InChI=1S/C25H37FO/c1-27-19-23-12-16-25(17-13-23)24-14-10-22(11-15-24)9-8-21-6-4-20(5-7-21)3-2-18-26/h2,12-13,16-18,20-22,24H,3-11,14-15,19H2,1H3/b18-2+. The number of allylic oxidation sites excluding steroid dienone is 1. The predicted molar refractivity (Wildman–Crippen MR) is 111 cm³/mol. The molecule has 1 aromatic rings. The predicted octanol–water partition coefficient (Wildman–Crippen LogP) is 7.57. The van der Waals surface area contributed by atoms with Crippen molar-refractivity contribution >= 4 is 0 Å². The summed E-state index contributed by atoms with van der Waals surface area (Å²) in [4.78, 5) is 0. The number of methoxy groups -OCH3 is 1. The van der Waals surface area contributed by atoms with Crippen LogP contribution in [0.15, 0.2) is 36.7 Å². The fraction of sp³-hybridized carbons (Fsp3) is 0.680. The van der Waals surface area contributed by atoms with Crippen LogP contribution in [-0.2, 0) is 11.3 Å². The summed E-state index contributed by atoms with van der Waals surface area (Å²) in [6, 6.07) is 9.08. The van der Waals surface area contributed by atoms with Crippen molar-refractivity contribution in [2.24, 2.45) is 17.8 Å². The summed E-state index contributed by atoms with van der Waals surface area (Å²) in [5.74, 6) is 3.37. The van der Waals surface area contributed by atoms with E-state index in [4.69, 9.17) is 4.74 Å². The summed E-state index contributed by atoms with van der Waals surface area (Å²) in [5, 5.41) is 0.